The van der Waals surface area contributed by atoms with Crippen LogP contribution in [0.1, 0.15) is 45.6 Å². The Hall–Kier alpha value is -1.57. The van der Waals surface area contributed by atoms with Gasteiger partial charge < -0.3 is 4.74 Å². The number of carbonyl (C=O) groups is 1. The van der Waals surface area contributed by atoms with Crippen LogP contribution in [-0.4, -0.2) is 12.1 Å². The van der Waals surface area contributed by atoms with Crippen molar-refractivity contribution in [1.82, 2.24) is 0 Å². The Morgan fingerprint density at radius 3 is 2.57 bits per heavy atom. The molecule has 1 aromatic rings. The van der Waals surface area contributed by atoms with Gasteiger partial charge in [0.2, 0.25) is 0 Å². The van der Waals surface area contributed by atoms with Crippen molar-refractivity contribution in [3.05, 3.63) is 48.6 Å². The summed E-state index contributed by atoms with van der Waals surface area (Å²) in [6, 6.07) is 10.5. The van der Waals surface area contributed by atoms with E-state index in [4.69, 9.17) is 4.74 Å². The highest BCUT2D eigenvalue weighted by Crippen LogP contribution is 2.43. The Kier molecular flexibility index (Phi) is 4.87. The summed E-state index contributed by atoms with van der Waals surface area (Å²) in [4.78, 5) is 11.7. The van der Waals surface area contributed by atoms with Crippen molar-refractivity contribution in [1.29, 1.82) is 0 Å². The molecule has 2 nitrogen and oxygen atoms in total. The zero-order chi connectivity index (χ0) is 15.5. The third-order valence-corrected chi connectivity index (χ3v) is 4.93. The second-order valence-corrected chi connectivity index (χ2v) is 6.79. The van der Waals surface area contributed by atoms with Gasteiger partial charge in [-0.1, -0.05) is 64.1 Å². The van der Waals surface area contributed by atoms with Crippen LogP contribution in [-0.2, 0) is 14.9 Å². The molecule has 3 atom stereocenters. The van der Waals surface area contributed by atoms with Crippen molar-refractivity contribution in [3.8, 4) is 0 Å². The van der Waals surface area contributed by atoms with E-state index in [-0.39, 0.29) is 17.5 Å². The standard InChI is InChI=1S/C19H26O2/c1-5-18(20)21-17-13-14(2)11-12-16(17)19(3,4)15-9-7-6-8-10-15/h5-10,14,16-17H,1,11-13H2,2-4H3/t14-,16+,17+/m0/s1. The summed E-state index contributed by atoms with van der Waals surface area (Å²) in [5, 5.41) is 0. The maximum Gasteiger partial charge on any atom is 0.330 e. The quantitative estimate of drug-likeness (QED) is 0.602. The monoisotopic (exact) mass is 286 g/mol. The first-order chi connectivity index (χ1) is 9.95. The van der Waals surface area contributed by atoms with E-state index < -0.39 is 0 Å². The summed E-state index contributed by atoms with van der Waals surface area (Å²) in [5.74, 6) is 0.651. The van der Waals surface area contributed by atoms with Crippen LogP contribution in [0.5, 0.6) is 0 Å². The lowest BCUT2D eigenvalue weighted by atomic mass is 9.64. The second kappa shape index (κ2) is 6.46. The highest BCUT2D eigenvalue weighted by molar-refractivity contribution is 5.81. The first-order valence-corrected chi connectivity index (χ1v) is 7.83. The van der Waals surface area contributed by atoms with E-state index in [2.05, 4.69) is 51.6 Å². The molecule has 0 heterocycles. The molecule has 0 saturated heterocycles. The smallest absolute Gasteiger partial charge is 0.330 e. The molecule has 1 aliphatic carbocycles. The van der Waals surface area contributed by atoms with E-state index in [0.29, 0.717) is 11.8 Å². The van der Waals surface area contributed by atoms with Crippen molar-refractivity contribution in [3.63, 3.8) is 0 Å². The van der Waals surface area contributed by atoms with E-state index in [0.717, 1.165) is 12.8 Å². The third kappa shape index (κ3) is 3.55. The predicted octanol–water partition coefficient (Wildman–Crippen LogP) is 4.50. The van der Waals surface area contributed by atoms with Crippen LogP contribution in [0.3, 0.4) is 0 Å². The fourth-order valence-electron chi connectivity index (χ4n) is 3.56. The average Bonchev–Trinajstić information content (AvgIpc) is 2.48. The molecule has 0 aliphatic heterocycles. The number of hydrogen-bond acceptors (Lipinski definition) is 2. The van der Waals surface area contributed by atoms with Crippen LogP contribution in [0, 0.1) is 11.8 Å². The maximum atomic E-state index is 11.7. The molecule has 2 rings (SSSR count). The average molecular weight is 286 g/mol. The molecular weight excluding hydrogens is 260 g/mol. The van der Waals surface area contributed by atoms with Crippen molar-refractivity contribution in [2.75, 3.05) is 0 Å². The van der Waals surface area contributed by atoms with Crippen molar-refractivity contribution >= 4 is 5.97 Å². The van der Waals surface area contributed by atoms with Gasteiger partial charge in [-0.25, -0.2) is 4.79 Å². The Morgan fingerprint density at radius 1 is 1.29 bits per heavy atom. The van der Waals surface area contributed by atoms with E-state index in [1.807, 2.05) is 6.07 Å². The van der Waals surface area contributed by atoms with Crippen LogP contribution in [0.15, 0.2) is 43.0 Å². The van der Waals surface area contributed by atoms with Gasteiger partial charge in [0.05, 0.1) is 0 Å². The number of ether oxygens (including phenoxy) is 1. The van der Waals surface area contributed by atoms with Crippen molar-refractivity contribution in [2.24, 2.45) is 11.8 Å². The van der Waals surface area contributed by atoms with Gasteiger partial charge >= 0.3 is 5.97 Å². The molecule has 1 fully saturated rings. The molecule has 1 aromatic carbocycles. The summed E-state index contributed by atoms with van der Waals surface area (Å²) >= 11 is 0. The van der Waals surface area contributed by atoms with Crippen LogP contribution in [0.2, 0.25) is 0 Å². The Morgan fingerprint density at radius 2 is 1.95 bits per heavy atom. The van der Waals surface area contributed by atoms with Gasteiger partial charge in [-0.05, 0) is 29.7 Å². The first-order valence-electron chi connectivity index (χ1n) is 7.83. The van der Waals surface area contributed by atoms with Gasteiger partial charge in [0, 0.05) is 12.0 Å². The molecule has 21 heavy (non-hydrogen) atoms. The zero-order valence-electron chi connectivity index (χ0n) is 13.3. The molecule has 0 bridgehead atoms. The minimum absolute atomic E-state index is 0.00643. The molecule has 0 aromatic heterocycles. The Balaban J connectivity index is 2.25. The lowest BCUT2D eigenvalue weighted by Gasteiger charge is -2.43. The minimum atomic E-state index is -0.303. The summed E-state index contributed by atoms with van der Waals surface area (Å²) < 4.78 is 5.67. The fraction of sp³-hybridized carbons (Fsp3) is 0.526. The molecule has 0 radical (unpaired) electrons. The molecular formula is C19H26O2. The highest BCUT2D eigenvalue weighted by Gasteiger charge is 2.41. The van der Waals surface area contributed by atoms with E-state index in [1.54, 1.807) is 0 Å². The van der Waals surface area contributed by atoms with Crippen LogP contribution < -0.4 is 0 Å². The number of benzene rings is 1. The summed E-state index contributed by atoms with van der Waals surface area (Å²) in [6.07, 6.45) is 4.49. The van der Waals surface area contributed by atoms with Crippen LogP contribution in [0.25, 0.3) is 0 Å². The van der Waals surface area contributed by atoms with Gasteiger partial charge in [0.25, 0.3) is 0 Å². The maximum absolute atomic E-state index is 11.7. The molecule has 1 aliphatic rings. The summed E-state index contributed by atoms with van der Waals surface area (Å²) in [6.45, 7) is 10.3. The largest absolute Gasteiger partial charge is 0.459 e. The predicted molar refractivity (Wildman–Crippen MR) is 86.1 cm³/mol. The van der Waals surface area contributed by atoms with E-state index in [9.17, 15) is 4.79 Å². The summed E-state index contributed by atoms with van der Waals surface area (Å²) in [5.41, 5.74) is 1.30. The van der Waals surface area contributed by atoms with Gasteiger partial charge in [0.15, 0.2) is 0 Å². The van der Waals surface area contributed by atoms with E-state index in [1.165, 1.54) is 18.1 Å². The third-order valence-electron chi connectivity index (χ3n) is 4.93. The number of carbonyl (C=O) groups excluding carboxylic acids is 1. The van der Waals surface area contributed by atoms with E-state index >= 15 is 0 Å². The summed E-state index contributed by atoms with van der Waals surface area (Å²) in [7, 11) is 0. The van der Waals surface area contributed by atoms with Crippen molar-refractivity contribution in [2.45, 2.75) is 51.6 Å². The molecule has 114 valence electrons. The lowest BCUT2D eigenvalue weighted by Crippen LogP contribution is -2.43. The molecule has 0 spiro atoms. The Labute approximate surface area is 128 Å². The molecule has 0 N–H and O–H groups in total. The lowest BCUT2D eigenvalue weighted by molar-refractivity contribution is -0.150. The van der Waals surface area contributed by atoms with Gasteiger partial charge in [0.1, 0.15) is 6.10 Å². The fourth-order valence-corrected chi connectivity index (χ4v) is 3.56. The van der Waals surface area contributed by atoms with Gasteiger partial charge in [-0.2, -0.15) is 0 Å². The van der Waals surface area contributed by atoms with Crippen molar-refractivity contribution < 1.29 is 9.53 Å². The van der Waals surface area contributed by atoms with Gasteiger partial charge in [-0.15, -0.1) is 0 Å². The molecule has 0 unspecified atom stereocenters. The Bertz CT molecular complexity index is 490. The normalized spacial score (nSPS) is 26.1. The van der Waals surface area contributed by atoms with Crippen LogP contribution >= 0.6 is 0 Å². The minimum Gasteiger partial charge on any atom is -0.459 e. The molecule has 1 saturated carbocycles. The topological polar surface area (TPSA) is 26.3 Å². The number of rotatable bonds is 4. The van der Waals surface area contributed by atoms with Gasteiger partial charge in [-0.3, -0.25) is 0 Å². The first kappa shape index (κ1) is 15.8. The molecule has 2 heteroatoms. The SMILES string of the molecule is C=CC(=O)O[C@@H]1C[C@@H](C)CC[C@H]1C(C)(C)c1ccccc1. The molecule has 0 amide bonds. The number of esters is 1. The highest BCUT2D eigenvalue weighted by atomic mass is 16.5. The number of hydrogen-bond donors (Lipinski definition) is 0. The second-order valence-electron chi connectivity index (χ2n) is 6.79. The van der Waals surface area contributed by atoms with Crippen LogP contribution in [0.4, 0.5) is 0 Å². The zero-order valence-corrected chi connectivity index (χ0v) is 13.3.